The molecule has 1 unspecified atom stereocenters. The molecular weight excluding hydrogens is 244 g/mol. The van der Waals surface area contributed by atoms with Crippen LogP contribution in [0.1, 0.15) is 29.9 Å². The molecule has 0 spiro atoms. The second-order valence-electron chi connectivity index (χ2n) is 4.61. The molecule has 0 saturated heterocycles. The summed E-state index contributed by atoms with van der Waals surface area (Å²) in [7, 11) is 4.03. The molecule has 1 heterocycles. The zero-order chi connectivity index (χ0) is 14.4. The third-order valence-corrected chi connectivity index (χ3v) is 2.91. The van der Waals surface area contributed by atoms with E-state index in [0.717, 1.165) is 6.54 Å². The largest absolute Gasteiger partial charge is 0.462 e. The molecule has 106 valence electrons. The number of carbonyl (C=O) groups is 1. The highest BCUT2D eigenvalue weighted by atomic mass is 16.5. The summed E-state index contributed by atoms with van der Waals surface area (Å²) in [5, 5.41) is 3.15. The fourth-order valence-corrected chi connectivity index (χ4v) is 1.38. The molecule has 19 heavy (non-hydrogen) atoms. The molecule has 1 rings (SSSR count). The third-order valence-electron chi connectivity index (χ3n) is 2.91. The lowest BCUT2D eigenvalue weighted by atomic mass is 10.2. The Morgan fingerprint density at radius 1 is 1.53 bits per heavy atom. The summed E-state index contributed by atoms with van der Waals surface area (Å²) in [5.41, 5.74) is 1.03. The number of aryl methyl sites for hydroxylation is 1. The van der Waals surface area contributed by atoms with Crippen molar-refractivity contribution < 1.29 is 9.53 Å². The molecule has 0 fully saturated rings. The lowest BCUT2D eigenvalue weighted by molar-refractivity contribution is 0.0524. The van der Waals surface area contributed by atoms with Crippen LogP contribution >= 0.6 is 0 Å². The molecule has 1 aromatic heterocycles. The maximum atomic E-state index is 11.6. The van der Waals surface area contributed by atoms with Gasteiger partial charge in [-0.25, -0.2) is 14.8 Å². The molecule has 0 aromatic carbocycles. The summed E-state index contributed by atoms with van der Waals surface area (Å²) in [6, 6.07) is 0.369. The molecule has 0 saturated carbocycles. The number of nitrogens with zero attached hydrogens (tertiary/aromatic N) is 3. The summed E-state index contributed by atoms with van der Waals surface area (Å²) < 4.78 is 4.93. The number of rotatable bonds is 6. The maximum Gasteiger partial charge on any atom is 0.341 e. The number of anilines is 1. The molecule has 0 bridgehead atoms. The van der Waals surface area contributed by atoms with Crippen molar-refractivity contribution in [3.8, 4) is 0 Å². The molecule has 0 aliphatic rings. The van der Waals surface area contributed by atoms with Gasteiger partial charge in [-0.3, -0.25) is 0 Å². The Labute approximate surface area is 114 Å². The summed E-state index contributed by atoms with van der Waals surface area (Å²) in [6.45, 7) is 6.73. The Morgan fingerprint density at radius 2 is 2.21 bits per heavy atom. The van der Waals surface area contributed by atoms with Crippen molar-refractivity contribution in [2.24, 2.45) is 0 Å². The van der Waals surface area contributed by atoms with Gasteiger partial charge in [-0.2, -0.15) is 0 Å². The van der Waals surface area contributed by atoms with Gasteiger partial charge in [0.05, 0.1) is 17.9 Å². The van der Waals surface area contributed by atoms with Crippen LogP contribution < -0.4 is 5.32 Å². The van der Waals surface area contributed by atoms with Crippen LogP contribution in [0.5, 0.6) is 0 Å². The highest BCUT2D eigenvalue weighted by Gasteiger charge is 2.13. The first-order valence-corrected chi connectivity index (χ1v) is 6.36. The first-order chi connectivity index (χ1) is 8.95. The Bertz CT molecular complexity index is 435. The topological polar surface area (TPSA) is 67.3 Å². The van der Waals surface area contributed by atoms with Gasteiger partial charge >= 0.3 is 5.97 Å². The zero-order valence-corrected chi connectivity index (χ0v) is 12.2. The van der Waals surface area contributed by atoms with Crippen molar-refractivity contribution in [2.45, 2.75) is 26.8 Å². The van der Waals surface area contributed by atoms with Crippen LogP contribution in [0.3, 0.4) is 0 Å². The number of likely N-dealkylation sites (N-methyl/N-ethyl adjacent to an activating group) is 1. The molecule has 1 aromatic rings. The molecule has 0 aliphatic carbocycles. The van der Waals surface area contributed by atoms with E-state index in [9.17, 15) is 4.79 Å². The molecule has 1 N–H and O–H groups in total. The number of hydrogen-bond acceptors (Lipinski definition) is 6. The highest BCUT2D eigenvalue weighted by Crippen LogP contribution is 2.09. The minimum Gasteiger partial charge on any atom is -0.462 e. The normalized spacial score (nSPS) is 12.3. The van der Waals surface area contributed by atoms with E-state index in [1.807, 2.05) is 14.1 Å². The number of aromatic nitrogens is 2. The smallest absolute Gasteiger partial charge is 0.341 e. The Morgan fingerprint density at radius 3 is 2.74 bits per heavy atom. The molecular formula is C13H22N4O2. The number of nitrogens with one attached hydrogen (secondary N) is 1. The van der Waals surface area contributed by atoms with E-state index in [-0.39, 0.29) is 5.97 Å². The maximum absolute atomic E-state index is 11.6. The Kier molecular flexibility index (Phi) is 5.69. The predicted molar refractivity (Wildman–Crippen MR) is 74.4 cm³/mol. The molecule has 6 nitrogen and oxygen atoms in total. The van der Waals surface area contributed by atoms with E-state index in [0.29, 0.717) is 29.9 Å². The van der Waals surface area contributed by atoms with Crippen molar-refractivity contribution in [3.63, 3.8) is 0 Å². The summed E-state index contributed by atoms with van der Waals surface area (Å²) in [4.78, 5) is 22.1. The van der Waals surface area contributed by atoms with Crippen LogP contribution in [0.15, 0.2) is 6.20 Å². The number of esters is 1. The Balaban J connectivity index is 2.69. The van der Waals surface area contributed by atoms with Gasteiger partial charge in [-0.15, -0.1) is 0 Å². The van der Waals surface area contributed by atoms with Gasteiger partial charge < -0.3 is 15.0 Å². The van der Waals surface area contributed by atoms with Crippen LogP contribution in [0, 0.1) is 6.92 Å². The van der Waals surface area contributed by atoms with Gasteiger partial charge in [0.2, 0.25) is 5.95 Å². The minimum atomic E-state index is -0.381. The van der Waals surface area contributed by atoms with Crippen molar-refractivity contribution in [3.05, 3.63) is 17.5 Å². The van der Waals surface area contributed by atoms with Crippen LogP contribution in [-0.4, -0.2) is 54.1 Å². The second-order valence-corrected chi connectivity index (χ2v) is 4.61. The molecule has 1 atom stereocenters. The third kappa shape index (κ3) is 4.48. The van der Waals surface area contributed by atoms with Gasteiger partial charge in [0, 0.05) is 18.8 Å². The minimum absolute atomic E-state index is 0.346. The van der Waals surface area contributed by atoms with Gasteiger partial charge in [0.1, 0.15) is 0 Å². The van der Waals surface area contributed by atoms with Gasteiger partial charge in [-0.1, -0.05) is 0 Å². The van der Waals surface area contributed by atoms with Crippen LogP contribution in [0.2, 0.25) is 0 Å². The molecule has 0 amide bonds. The predicted octanol–water partition coefficient (Wildman–Crippen LogP) is 1.32. The fraction of sp³-hybridized carbons (Fsp3) is 0.615. The van der Waals surface area contributed by atoms with Crippen molar-refractivity contribution in [1.29, 1.82) is 0 Å². The molecule has 6 heteroatoms. The number of hydrogen-bond donors (Lipinski definition) is 1. The zero-order valence-electron chi connectivity index (χ0n) is 12.2. The average molecular weight is 266 g/mol. The summed E-state index contributed by atoms with van der Waals surface area (Å²) >= 11 is 0. The average Bonchev–Trinajstić information content (AvgIpc) is 2.36. The van der Waals surface area contributed by atoms with Crippen molar-refractivity contribution in [1.82, 2.24) is 14.9 Å². The number of carbonyl (C=O) groups excluding carboxylic acids is 1. The van der Waals surface area contributed by atoms with Gasteiger partial charge in [-0.05, 0) is 34.9 Å². The van der Waals surface area contributed by atoms with Crippen LogP contribution in [0.25, 0.3) is 0 Å². The van der Waals surface area contributed by atoms with Crippen LogP contribution in [0.4, 0.5) is 5.95 Å². The van der Waals surface area contributed by atoms with Crippen molar-refractivity contribution in [2.75, 3.05) is 32.6 Å². The lowest BCUT2D eigenvalue weighted by Gasteiger charge is -2.20. The van der Waals surface area contributed by atoms with E-state index in [2.05, 4.69) is 27.1 Å². The first kappa shape index (κ1) is 15.4. The van der Waals surface area contributed by atoms with E-state index in [1.165, 1.54) is 6.20 Å². The summed E-state index contributed by atoms with van der Waals surface area (Å²) in [5.74, 6) is 0.146. The summed E-state index contributed by atoms with van der Waals surface area (Å²) in [6.07, 6.45) is 1.50. The van der Waals surface area contributed by atoms with Crippen LogP contribution in [-0.2, 0) is 4.74 Å². The van der Waals surface area contributed by atoms with Gasteiger partial charge in [0.25, 0.3) is 0 Å². The van der Waals surface area contributed by atoms with E-state index in [4.69, 9.17) is 4.74 Å². The quantitative estimate of drug-likeness (QED) is 0.783. The van der Waals surface area contributed by atoms with Crippen molar-refractivity contribution >= 4 is 11.9 Å². The molecule has 0 radical (unpaired) electrons. The van der Waals surface area contributed by atoms with E-state index in [1.54, 1.807) is 13.8 Å². The lowest BCUT2D eigenvalue weighted by Crippen LogP contribution is -2.32. The SMILES string of the molecule is CCOC(=O)c1cnc(NCC(C)N(C)C)nc1C. The fourth-order valence-electron chi connectivity index (χ4n) is 1.38. The first-order valence-electron chi connectivity index (χ1n) is 6.36. The highest BCUT2D eigenvalue weighted by molar-refractivity contribution is 5.90. The molecule has 0 aliphatic heterocycles. The monoisotopic (exact) mass is 266 g/mol. The second kappa shape index (κ2) is 7.04. The number of ether oxygens (including phenoxy) is 1. The van der Waals surface area contributed by atoms with Gasteiger partial charge in [0.15, 0.2) is 0 Å². The van der Waals surface area contributed by atoms with E-state index >= 15 is 0 Å². The Hall–Kier alpha value is -1.69. The van der Waals surface area contributed by atoms with E-state index < -0.39 is 0 Å². The standard InChI is InChI=1S/C13H22N4O2/c1-6-19-12(18)11-8-15-13(16-10(11)3)14-7-9(2)17(4)5/h8-9H,6-7H2,1-5H3,(H,14,15,16).